The molecule has 0 bridgehead atoms. The van der Waals surface area contributed by atoms with Crippen molar-refractivity contribution < 1.29 is 29.0 Å². The summed E-state index contributed by atoms with van der Waals surface area (Å²) in [4.78, 5) is 50.8. The van der Waals surface area contributed by atoms with Crippen LogP contribution in [0.5, 0.6) is 0 Å². The van der Waals surface area contributed by atoms with E-state index in [9.17, 15) is 24.3 Å². The summed E-state index contributed by atoms with van der Waals surface area (Å²) in [5.74, 6) is -0.490. The lowest BCUT2D eigenvalue weighted by Crippen LogP contribution is -2.53. The SMILES string of the molecule is CSCCC(NC(=O)C1CCN(C(=O)C(CCSC)NC(=O)OC(C)(C)C)CC1)C(=O)O. The monoisotopic (exact) mass is 491 g/mol. The number of hydrogen-bond acceptors (Lipinski definition) is 7. The number of rotatable bonds is 11. The fraction of sp³-hybridized carbons (Fsp3) is 0.810. The lowest BCUT2D eigenvalue weighted by Gasteiger charge is -2.34. The summed E-state index contributed by atoms with van der Waals surface area (Å²) in [6.45, 7) is 6.04. The molecule has 9 nitrogen and oxygen atoms in total. The van der Waals surface area contributed by atoms with Crippen LogP contribution in [0.15, 0.2) is 0 Å². The number of piperidine rings is 1. The van der Waals surface area contributed by atoms with Crippen LogP contribution in [0.3, 0.4) is 0 Å². The minimum absolute atomic E-state index is 0.188. The Morgan fingerprint density at radius 1 is 1.00 bits per heavy atom. The zero-order valence-electron chi connectivity index (χ0n) is 19.6. The van der Waals surface area contributed by atoms with Crippen LogP contribution in [0, 0.1) is 5.92 Å². The van der Waals surface area contributed by atoms with Gasteiger partial charge in [0.25, 0.3) is 0 Å². The Morgan fingerprint density at radius 2 is 1.53 bits per heavy atom. The van der Waals surface area contributed by atoms with Crippen LogP contribution in [0.25, 0.3) is 0 Å². The number of nitrogens with zero attached hydrogens (tertiary/aromatic N) is 1. The highest BCUT2D eigenvalue weighted by Crippen LogP contribution is 2.20. The number of aliphatic carboxylic acids is 1. The minimum atomic E-state index is -1.04. The van der Waals surface area contributed by atoms with Gasteiger partial charge in [-0.3, -0.25) is 9.59 Å². The predicted octanol–water partition coefficient (Wildman–Crippen LogP) is 2.19. The highest BCUT2D eigenvalue weighted by Gasteiger charge is 2.33. The van der Waals surface area contributed by atoms with Gasteiger partial charge in [-0.25, -0.2) is 9.59 Å². The number of carboxylic acids is 1. The zero-order valence-corrected chi connectivity index (χ0v) is 21.3. The van der Waals surface area contributed by atoms with E-state index < -0.39 is 29.7 Å². The van der Waals surface area contributed by atoms with Crippen molar-refractivity contribution in [2.75, 3.05) is 37.1 Å². The second kappa shape index (κ2) is 13.8. The van der Waals surface area contributed by atoms with E-state index >= 15 is 0 Å². The Hall–Kier alpha value is -1.62. The third-order valence-electron chi connectivity index (χ3n) is 5.00. The summed E-state index contributed by atoms with van der Waals surface area (Å²) in [5, 5.41) is 14.6. The van der Waals surface area contributed by atoms with E-state index in [-0.39, 0.29) is 17.7 Å². The number of carbonyl (C=O) groups excluding carboxylic acids is 3. The van der Waals surface area contributed by atoms with Gasteiger partial charge in [0.05, 0.1) is 0 Å². The third-order valence-corrected chi connectivity index (χ3v) is 6.29. The Kier molecular flexibility index (Phi) is 12.3. The van der Waals surface area contributed by atoms with Crippen molar-refractivity contribution >= 4 is 47.4 Å². The van der Waals surface area contributed by atoms with Gasteiger partial charge in [0, 0.05) is 19.0 Å². The van der Waals surface area contributed by atoms with E-state index in [0.29, 0.717) is 50.3 Å². The highest BCUT2D eigenvalue weighted by atomic mass is 32.2. The van der Waals surface area contributed by atoms with E-state index in [1.807, 2.05) is 12.5 Å². The molecule has 0 aromatic rings. The summed E-state index contributed by atoms with van der Waals surface area (Å²) < 4.78 is 5.29. The van der Waals surface area contributed by atoms with Gasteiger partial charge in [-0.05, 0) is 70.5 Å². The first-order valence-electron chi connectivity index (χ1n) is 10.8. The molecule has 1 heterocycles. The van der Waals surface area contributed by atoms with Crippen molar-refractivity contribution in [3.63, 3.8) is 0 Å². The maximum absolute atomic E-state index is 13.0. The van der Waals surface area contributed by atoms with Gasteiger partial charge < -0.3 is 25.4 Å². The molecule has 1 aliphatic heterocycles. The van der Waals surface area contributed by atoms with Crippen molar-refractivity contribution in [3.8, 4) is 0 Å². The van der Waals surface area contributed by atoms with Gasteiger partial charge in [-0.2, -0.15) is 23.5 Å². The molecular formula is C21H37N3O6S2. The number of ether oxygens (including phenoxy) is 1. The lowest BCUT2D eigenvalue weighted by molar-refractivity contribution is -0.143. The van der Waals surface area contributed by atoms with E-state index in [1.165, 1.54) is 11.8 Å². The number of amides is 3. The minimum Gasteiger partial charge on any atom is -0.480 e. The fourth-order valence-corrected chi connectivity index (χ4v) is 4.25. The molecule has 3 N–H and O–H groups in total. The number of carboxylic acid groups (broad SMARTS) is 1. The normalized spacial score (nSPS) is 16.7. The first-order valence-corrected chi connectivity index (χ1v) is 13.6. The fourth-order valence-electron chi connectivity index (χ4n) is 3.31. The van der Waals surface area contributed by atoms with Gasteiger partial charge in [-0.1, -0.05) is 0 Å². The molecule has 0 aromatic heterocycles. The van der Waals surface area contributed by atoms with E-state index in [0.717, 1.165) is 0 Å². The topological polar surface area (TPSA) is 125 Å². The van der Waals surface area contributed by atoms with Crippen molar-refractivity contribution in [3.05, 3.63) is 0 Å². The Morgan fingerprint density at radius 3 is 2.00 bits per heavy atom. The molecule has 1 rings (SSSR count). The maximum Gasteiger partial charge on any atom is 0.408 e. The molecule has 32 heavy (non-hydrogen) atoms. The summed E-state index contributed by atoms with van der Waals surface area (Å²) >= 11 is 3.12. The first kappa shape index (κ1) is 28.4. The maximum atomic E-state index is 13.0. The first-order chi connectivity index (χ1) is 15.0. The molecule has 0 spiro atoms. The standard InChI is InChI=1S/C21H37N3O6S2/c1-21(2,3)30-20(29)23-15(8-12-31-4)18(26)24-10-6-14(7-11-24)17(25)22-16(19(27)28)9-13-32-5/h14-16H,6-13H2,1-5H3,(H,22,25)(H,23,29)(H,27,28). The Bertz CT molecular complexity index is 648. The molecule has 2 unspecified atom stereocenters. The highest BCUT2D eigenvalue weighted by molar-refractivity contribution is 7.98. The molecule has 0 aromatic carbocycles. The Labute approximate surface area is 199 Å². The summed E-state index contributed by atoms with van der Waals surface area (Å²) in [5.41, 5.74) is -0.660. The van der Waals surface area contributed by atoms with Gasteiger partial charge in [-0.15, -0.1) is 0 Å². The second-order valence-corrected chi connectivity index (χ2v) is 10.7. The van der Waals surface area contributed by atoms with Crippen molar-refractivity contribution in [1.29, 1.82) is 0 Å². The van der Waals surface area contributed by atoms with Crippen LogP contribution < -0.4 is 10.6 Å². The molecule has 0 aliphatic carbocycles. The van der Waals surface area contributed by atoms with Gasteiger partial charge in [0.15, 0.2) is 0 Å². The van der Waals surface area contributed by atoms with Crippen LogP contribution in [0.2, 0.25) is 0 Å². The van der Waals surface area contributed by atoms with Crippen LogP contribution in [-0.2, 0) is 19.1 Å². The molecular weight excluding hydrogens is 454 g/mol. The summed E-state index contributed by atoms with van der Waals surface area (Å²) in [6, 6.07) is -1.59. The average molecular weight is 492 g/mol. The second-order valence-electron chi connectivity index (χ2n) is 8.76. The van der Waals surface area contributed by atoms with Gasteiger partial charge >= 0.3 is 12.1 Å². The van der Waals surface area contributed by atoms with Crippen molar-refractivity contribution in [2.24, 2.45) is 5.92 Å². The van der Waals surface area contributed by atoms with Crippen LogP contribution in [0.1, 0.15) is 46.5 Å². The molecule has 1 saturated heterocycles. The number of likely N-dealkylation sites (tertiary alicyclic amines) is 1. The van der Waals surface area contributed by atoms with Crippen molar-refractivity contribution in [1.82, 2.24) is 15.5 Å². The van der Waals surface area contributed by atoms with Crippen LogP contribution in [0.4, 0.5) is 4.79 Å². The van der Waals surface area contributed by atoms with Crippen LogP contribution >= 0.6 is 23.5 Å². The van der Waals surface area contributed by atoms with Gasteiger partial charge in [0.2, 0.25) is 11.8 Å². The summed E-state index contributed by atoms with van der Waals surface area (Å²) in [6.07, 6.45) is 4.95. The Balaban J connectivity index is 2.65. The third kappa shape index (κ3) is 10.3. The molecule has 3 amide bonds. The predicted molar refractivity (Wildman–Crippen MR) is 128 cm³/mol. The van der Waals surface area contributed by atoms with E-state index in [1.54, 1.807) is 37.4 Å². The number of alkyl carbamates (subject to hydrolysis) is 1. The number of carbonyl (C=O) groups is 4. The molecule has 0 saturated carbocycles. The lowest BCUT2D eigenvalue weighted by atomic mass is 9.94. The smallest absolute Gasteiger partial charge is 0.408 e. The number of hydrogen-bond donors (Lipinski definition) is 3. The zero-order chi connectivity index (χ0) is 24.3. The molecule has 2 atom stereocenters. The van der Waals surface area contributed by atoms with E-state index in [2.05, 4.69) is 10.6 Å². The molecule has 184 valence electrons. The van der Waals surface area contributed by atoms with E-state index in [4.69, 9.17) is 4.74 Å². The molecule has 1 fully saturated rings. The van der Waals surface area contributed by atoms with Gasteiger partial charge in [0.1, 0.15) is 17.7 Å². The number of thioether (sulfide) groups is 2. The largest absolute Gasteiger partial charge is 0.480 e. The summed E-state index contributed by atoms with van der Waals surface area (Å²) in [7, 11) is 0. The number of nitrogens with one attached hydrogen (secondary N) is 2. The molecule has 1 aliphatic rings. The molecule has 0 radical (unpaired) electrons. The average Bonchev–Trinajstić information content (AvgIpc) is 2.72. The van der Waals surface area contributed by atoms with Crippen LogP contribution in [-0.4, -0.2) is 88.7 Å². The molecule has 11 heteroatoms. The quantitative estimate of drug-likeness (QED) is 0.402. The van der Waals surface area contributed by atoms with Crippen molar-refractivity contribution in [2.45, 2.75) is 64.1 Å².